The fraction of sp³-hybridized carbons (Fsp3) is 0.500. The van der Waals surface area contributed by atoms with E-state index in [2.05, 4.69) is 5.32 Å². The molecule has 6 heteroatoms. The van der Waals surface area contributed by atoms with E-state index in [0.29, 0.717) is 29.8 Å². The monoisotopic (exact) mass is 330 g/mol. The lowest BCUT2D eigenvalue weighted by Gasteiger charge is -2.29. The van der Waals surface area contributed by atoms with Crippen molar-refractivity contribution in [2.24, 2.45) is 0 Å². The Labute approximate surface area is 141 Å². The van der Waals surface area contributed by atoms with Gasteiger partial charge in [-0.2, -0.15) is 0 Å². The van der Waals surface area contributed by atoms with Crippen LogP contribution in [0.4, 0.5) is 0 Å². The van der Waals surface area contributed by atoms with Crippen LogP contribution in [0.25, 0.3) is 0 Å². The maximum absolute atomic E-state index is 12.7. The second kappa shape index (κ2) is 7.13. The number of carbonyl (C=O) groups is 3. The first-order valence-electron chi connectivity index (χ1n) is 8.42. The van der Waals surface area contributed by atoms with Gasteiger partial charge in [-0.05, 0) is 31.0 Å². The van der Waals surface area contributed by atoms with Crippen LogP contribution in [0.3, 0.4) is 0 Å². The van der Waals surface area contributed by atoms with E-state index in [1.807, 2.05) is 0 Å². The van der Waals surface area contributed by atoms with Crippen molar-refractivity contribution in [1.29, 1.82) is 0 Å². The minimum Gasteiger partial charge on any atom is -0.383 e. The van der Waals surface area contributed by atoms with E-state index < -0.39 is 0 Å². The van der Waals surface area contributed by atoms with Crippen molar-refractivity contribution >= 4 is 17.7 Å². The number of methoxy groups -OCH3 is 1. The molecule has 0 aromatic heterocycles. The van der Waals surface area contributed by atoms with Crippen molar-refractivity contribution in [2.45, 2.75) is 38.1 Å². The predicted octanol–water partition coefficient (Wildman–Crippen LogP) is 1.99. The zero-order valence-corrected chi connectivity index (χ0v) is 13.8. The molecule has 2 aliphatic rings. The molecule has 6 nitrogen and oxygen atoms in total. The summed E-state index contributed by atoms with van der Waals surface area (Å²) in [4.78, 5) is 38.8. The Kier molecular flexibility index (Phi) is 4.94. The first-order chi connectivity index (χ1) is 11.6. The summed E-state index contributed by atoms with van der Waals surface area (Å²) in [5.74, 6) is -0.770. The number of benzene rings is 1. The van der Waals surface area contributed by atoms with Gasteiger partial charge in [0.05, 0.1) is 17.7 Å². The molecule has 3 amide bonds. The highest BCUT2D eigenvalue weighted by Crippen LogP contribution is 2.31. The molecule has 1 saturated carbocycles. The van der Waals surface area contributed by atoms with Gasteiger partial charge >= 0.3 is 0 Å². The summed E-state index contributed by atoms with van der Waals surface area (Å²) < 4.78 is 4.89. The molecule has 0 saturated heterocycles. The van der Waals surface area contributed by atoms with Gasteiger partial charge in [0.25, 0.3) is 17.7 Å². The van der Waals surface area contributed by atoms with Gasteiger partial charge in [-0.15, -0.1) is 0 Å². The van der Waals surface area contributed by atoms with Crippen LogP contribution in [0.1, 0.15) is 63.2 Å². The van der Waals surface area contributed by atoms with Crippen LogP contribution in [-0.4, -0.2) is 48.9 Å². The summed E-state index contributed by atoms with van der Waals surface area (Å²) >= 11 is 0. The number of hydrogen-bond donors (Lipinski definition) is 1. The molecule has 1 aliphatic carbocycles. The highest BCUT2D eigenvalue weighted by Gasteiger charge is 2.40. The Bertz CT molecular complexity index is 665. The molecule has 1 aromatic carbocycles. The van der Waals surface area contributed by atoms with E-state index in [1.54, 1.807) is 19.2 Å². The third-order valence-electron chi connectivity index (χ3n) is 4.71. The summed E-state index contributed by atoms with van der Waals surface area (Å²) in [5.41, 5.74) is 1.13. The molecule has 0 unspecified atom stereocenters. The molecular formula is C18H22N2O4. The van der Waals surface area contributed by atoms with E-state index in [9.17, 15) is 14.4 Å². The quantitative estimate of drug-likeness (QED) is 0.662. The first-order valence-corrected chi connectivity index (χ1v) is 8.42. The fourth-order valence-electron chi connectivity index (χ4n) is 3.44. The summed E-state index contributed by atoms with van der Waals surface area (Å²) in [7, 11) is 1.56. The lowest BCUT2D eigenvalue weighted by atomic mass is 9.94. The van der Waals surface area contributed by atoms with Crippen LogP contribution in [0, 0.1) is 0 Å². The number of amides is 3. The van der Waals surface area contributed by atoms with Gasteiger partial charge < -0.3 is 10.1 Å². The molecule has 128 valence electrons. The molecular weight excluding hydrogens is 308 g/mol. The van der Waals surface area contributed by atoms with Crippen molar-refractivity contribution in [2.75, 3.05) is 20.3 Å². The molecule has 24 heavy (non-hydrogen) atoms. The van der Waals surface area contributed by atoms with E-state index >= 15 is 0 Å². The number of nitrogens with one attached hydrogen (secondary N) is 1. The topological polar surface area (TPSA) is 75.7 Å². The van der Waals surface area contributed by atoms with Gasteiger partial charge in [0.1, 0.15) is 0 Å². The highest BCUT2D eigenvalue weighted by atomic mass is 16.5. The maximum atomic E-state index is 12.7. The van der Waals surface area contributed by atoms with Crippen molar-refractivity contribution in [3.05, 3.63) is 34.9 Å². The van der Waals surface area contributed by atoms with Crippen LogP contribution >= 0.6 is 0 Å². The van der Waals surface area contributed by atoms with E-state index in [4.69, 9.17) is 4.74 Å². The third-order valence-corrected chi connectivity index (χ3v) is 4.71. The molecule has 0 radical (unpaired) electrons. The molecule has 1 heterocycles. The molecule has 0 spiro atoms. The zero-order valence-electron chi connectivity index (χ0n) is 13.8. The second-order valence-corrected chi connectivity index (χ2v) is 6.28. The van der Waals surface area contributed by atoms with Crippen molar-refractivity contribution in [1.82, 2.24) is 10.2 Å². The second-order valence-electron chi connectivity index (χ2n) is 6.28. The van der Waals surface area contributed by atoms with Crippen molar-refractivity contribution in [3.8, 4) is 0 Å². The summed E-state index contributed by atoms with van der Waals surface area (Å²) in [5, 5.41) is 2.72. The Morgan fingerprint density at radius 3 is 2.58 bits per heavy atom. The maximum Gasteiger partial charge on any atom is 0.261 e. The minimum absolute atomic E-state index is 0.00914. The van der Waals surface area contributed by atoms with Gasteiger partial charge in [-0.3, -0.25) is 19.3 Å². The smallest absolute Gasteiger partial charge is 0.261 e. The average molecular weight is 330 g/mol. The predicted molar refractivity (Wildman–Crippen MR) is 88.0 cm³/mol. The largest absolute Gasteiger partial charge is 0.383 e. The molecule has 1 N–H and O–H groups in total. The lowest BCUT2D eigenvalue weighted by Crippen LogP contribution is -2.40. The molecule has 1 fully saturated rings. The van der Waals surface area contributed by atoms with Crippen LogP contribution in [0.2, 0.25) is 0 Å². The van der Waals surface area contributed by atoms with Crippen LogP contribution in [-0.2, 0) is 4.74 Å². The Morgan fingerprint density at radius 2 is 1.88 bits per heavy atom. The summed E-state index contributed by atoms with van der Waals surface area (Å²) in [6.45, 7) is 0.817. The highest BCUT2D eigenvalue weighted by molar-refractivity contribution is 6.22. The number of rotatable bonds is 5. The van der Waals surface area contributed by atoms with Crippen LogP contribution in [0.15, 0.2) is 18.2 Å². The number of imide groups is 1. The SMILES string of the molecule is COCCNC(=O)c1ccc2c(c1)C(=O)N(C1CCCCC1)C2=O. The van der Waals surface area contributed by atoms with Gasteiger partial charge in [0.2, 0.25) is 0 Å². The molecule has 1 aromatic rings. The van der Waals surface area contributed by atoms with Gasteiger partial charge in [0, 0.05) is 25.3 Å². The van der Waals surface area contributed by atoms with Crippen molar-refractivity contribution in [3.63, 3.8) is 0 Å². The van der Waals surface area contributed by atoms with E-state index in [-0.39, 0.29) is 23.8 Å². The van der Waals surface area contributed by atoms with Crippen LogP contribution < -0.4 is 5.32 Å². The number of carbonyl (C=O) groups excluding carboxylic acids is 3. The third kappa shape index (κ3) is 3.06. The molecule has 1 aliphatic heterocycles. The van der Waals surface area contributed by atoms with Gasteiger partial charge in [-0.25, -0.2) is 0 Å². The van der Waals surface area contributed by atoms with E-state index in [0.717, 1.165) is 32.1 Å². The summed E-state index contributed by atoms with van der Waals surface area (Å²) in [6, 6.07) is 4.70. The molecule has 0 bridgehead atoms. The van der Waals surface area contributed by atoms with Crippen LogP contribution in [0.5, 0.6) is 0 Å². The van der Waals surface area contributed by atoms with Gasteiger partial charge in [0.15, 0.2) is 0 Å². The Morgan fingerprint density at radius 1 is 1.17 bits per heavy atom. The minimum atomic E-state index is -0.272. The molecule has 0 atom stereocenters. The Hall–Kier alpha value is -2.21. The van der Waals surface area contributed by atoms with Gasteiger partial charge in [-0.1, -0.05) is 19.3 Å². The van der Waals surface area contributed by atoms with E-state index in [1.165, 1.54) is 11.0 Å². The number of fused-ring (bicyclic) bond motifs is 1. The first kappa shape index (κ1) is 16.6. The summed E-state index contributed by atoms with van der Waals surface area (Å²) in [6.07, 6.45) is 4.99. The Balaban J connectivity index is 1.79. The standard InChI is InChI=1S/C18H22N2O4/c1-24-10-9-19-16(21)12-7-8-14-15(11-12)18(23)20(17(14)22)13-5-3-2-4-6-13/h7-8,11,13H,2-6,9-10H2,1H3,(H,19,21). The number of hydrogen-bond acceptors (Lipinski definition) is 4. The number of nitrogens with zero attached hydrogens (tertiary/aromatic N) is 1. The van der Waals surface area contributed by atoms with Crippen molar-refractivity contribution < 1.29 is 19.1 Å². The normalized spacial score (nSPS) is 18.0. The average Bonchev–Trinajstić information content (AvgIpc) is 2.86. The number of ether oxygens (including phenoxy) is 1. The fourth-order valence-corrected chi connectivity index (χ4v) is 3.44. The molecule has 3 rings (SSSR count). The zero-order chi connectivity index (χ0) is 17.1. The lowest BCUT2D eigenvalue weighted by molar-refractivity contribution is 0.0549.